The highest BCUT2D eigenvalue weighted by molar-refractivity contribution is 5.71. The number of hydrogen-bond donors (Lipinski definition) is 1. The minimum absolute atomic E-state index is 0.156. The molecule has 3 nitrogen and oxygen atoms in total. The van der Waals surface area contributed by atoms with Crippen LogP contribution < -0.4 is 5.32 Å². The van der Waals surface area contributed by atoms with Crippen LogP contribution in [-0.2, 0) is 9.53 Å². The second-order valence-electron chi connectivity index (χ2n) is 4.97. The molecule has 1 saturated carbocycles. The topological polar surface area (TPSA) is 38.3 Å². The molecule has 18 heavy (non-hydrogen) atoms. The highest BCUT2D eigenvalue weighted by atomic mass is 16.5. The van der Waals surface area contributed by atoms with Gasteiger partial charge in [0.1, 0.15) is 0 Å². The molecule has 0 amide bonds. The Bertz CT molecular complexity index is 411. The fourth-order valence-electron chi connectivity index (χ4n) is 2.42. The summed E-state index contributed by atoms with van der Waals surface area (Å²) in [6.07, 6.45) is 2.23. The molecule has 0 spiro atoms. The number of esters is 1. The average molecular weight is 247 g/mol. The first-order valence-corrected chi connectivity index (χ1v) is 6.64. The van der Waals surface area contributed by atoms with E-state index in [1.54, 1.807) is 0 Å². The highest BCUT2D eigenvalue weighted by Gasteiger charge is 2.30. The zero-order chi connectivity index (χ0) is 13.0. The Labute approximate surface area is 109 Å². The monoisotopic (exact) mass is 247 g/mol. The minimum atomic E-state index is -0.156. The van der Waals surface area contributed by atoms with E-state index in [-0.39, 0.29) is 5.97 Å². The molecule has 1 aliphatic carbocycles. The standard InChI is InChI=1S/C15H21NO2/c1-3-18-15(17)10-16-14-8-13(9-14)12-6-4-5-11(2)7-12/h4-7,13-14,16H,3,8-10H2,1-2H3. The fraction of sp³-hybridized carbons (Fsp3) is 0.533. The lowest BCUT2D eigenvalue weighted by molar-refractivity contribution is -0.142. The van der Waals surface area contributed by atoms with Crippen molar-refractivity contribution in [2.24, 2.45) is 0 Å². The highest BCUT2D eigenvalue weighted by Crippen LogP contribution is 2.36. The van der Waals surface area contributed by atoms with Crippen molar-refractivity contribution in [3.8, 4) is 0 Å². The van der Waals surface area contributed by atoms with Crippen molar-refractivity contribution in [1.29, 1.82) is 0 Å². The van der Waals surface area contributed by atoms with Crippen molar-refractivity contribution in [1.82, 2.24) is 5.32 Å². The number of benzene rings is 1. The van der Waals surface area contributed by atoms with Crippen LogP contribution >= 0.6 is 0 Å². The van der Waals surface area contributed by atoms with Crippen LogP contribution in [0.2, 0.25) is 0 Å². The molecule has 0 radical (unpaired) electrons. The molecule has 0 aliphatic heterocycles. The molecule has 1 aromatic rings. The summed E-state index contributed by atoms with van der Waals surface area (Å²) in [5, 5.41) is 3.24. The van der Waals surface area contributed by atoms with E-state index >= 15 is 0 Å². The summed E-state index contributed by atoms with van der Waals surface area (Å²) in [6, 6.07) is 9.15. The smallest absolute Gasteiger partial charge is 0.319 e. The summed E-state index contributed by atoms with van der Waals surface area (Å²) in [6.45, 7) is 4.74. The van der Waals surface area contributed by atoms with Crippen LogP contribution in [-0.4, -0.2) is 25.2 Å². The molecule has 1 N–H and O–H groups in total. The molecule has 2 rings (SSSR count). The number of aryl methyl sites for hydroxylation is 1. The van der Waals surface area contributed by atoms with E-state index in [0.717, 1.165) is 12.8 Å². The van der Waals surface area contributed by atoms with Crippen LogP contribution in [0.5, 0.6) is 0 Å². The minimum Gasteiger partial charge on any atom is -0.465 e. The molecular weight excluding hydrogens is 226 g/mol. The van der Waals surface area contributed by atoms with Gasteiger partial charge in [-0.2, -0.15) is 0 Å². The quantitative estimate of drug-likeness (QED) is 0.812. The third-order valence-corrected chi connectivity index (χ3v) is 3.49. The third kappa shape index (κ3) is 3.33. The zero-order valence-corrected chi connectivity index (χ0v) is 11.1. The van der Waals surface area contributed by atoms with E-state index in [4.69, 9.17) is 4.74 Å². The maximum Gasteiger partial charge on any atom is 0.319 e. The Hall–Kier alpha value is -1.35. The predicted molar refractivity (Wildman–Crippen MR) is 71.6 cm³/mol. The molecule has 0 atom stereocenters. The van der Waals surface area contributed by atoms with Crippen LogP contribution in [0.3, 0.4) is 0 Å². The first kappa shape index (κ1) is 13.1. The van der Waals surface area contributed by atoms with Crippen molar-refractivity contribution in [2.45, 2.75) is 38.6 Å². The average Bonchev–Trinajstić information content (AvgIpc) is 2.27. The van der Waals surface area contributed by atoms with Gasteiger partial charge in [0.05, 0.1) is 13.2 Å². The van der Waals surface area contributed by atoms with E-state index < -0.39 is 0 Å². The molecule has 0 aromatic heterocycles. The number of nitrogens with one attached hydrogen (secondary N) is 1. The molecule has 1 aromatic carbocycles. The van der Waals surface area contributed by atoms with E-state index in [0.29, 0.717) is 25.1 Å². The summed E-state index contributed by atoms with van der Waals surface area (Å²) in [4.78, 5) is 11.2. The van der Waals surface area contributed by atoms with Gasteiger partial charge in [0.2, 0.25) is 0 Å². The molecule has 0 saturated heterocycles. The van der Waals surface area contributed by atoms with Crippen LogP contribution in [0.15, 0.2) is 24.3 Å². The van der Waals surface area contributed by atoms with Gasteiger partial charge in [0.15, 0.2) is 0 Å². The van der Waals surface area contributed by atoms with Gasteiger partial charge in [-0.1, -0.05) is 29.8 Å². The lowest BCUT2D eigenvalue weighted by Gasteiger charge is -2.36. The number of carbonyl (C=O) groups is 1. The van der Waals surface area contributed by atoms with Crippen LogP contribution in [0.25, 0.3) is 0 Å². The van der Waals surface area contributed by atoms with Crippen molar-refractivity contribution >= 4 is 5.97 Å². The largest absolute Gasteiger partial charge is 0.465 e. The Morgan fingerprint density at radius 2 is 2.22 bits per heavy atom. The van der Waals surface area contributed by atoms with Crippen molar-refractivity contribution in [3.63, 3.8) is 0 Å². The molecule has 98 valence electrons. The molecule has 1 fully saturated rings. The van der Waals surface area contributed by atoms with Gasteiger partial charge in [-0.3, -0.25) is 4.79 Å². The van der Waals surface area contributed by atoms with Crippen LogP contribution in [0.1, 0.15) is 36.8 Å². The number of carbonyl (C=O) groups excluding carboxylic acids is 1. The first-order valence-electron chi connectivity index (χ1n) is 6.64. The van der Waals surface area contributed by atoms with Gasteiger partial charge in [-0.25, -0.2) is 0 Å². The van der Waals surface area contributed by atoms with Crippen LogP contribution in [0.4, 0.5) is 0 Å². The second kappa shape index (κ2) is 6.01. The Morgan fingerprint density at radius 1 is 1.44 bits per heavy atom. The number of ether oxygens (including phenoxy) is 1. The van der Waals surface area contributed by atoms with Crippen molar-refractivity contribution < 1.29 is 9.53 Å². The van der Waals surface area contributed by atoms with E-state index in [1.807, 2.05) is 6.92 Å². The Morgan fingerprint density at radius 3 is 2.89 bits per heavy atom. The molecule has 0 unspecified atom stereocenters. The normalized spacial score (nSPS) is 22.3. The van der Waals surface area contributed by atoms with Gasteiger partial charge in [-0.05, 0) is 38.2 Å². The molecule has 0 bridgehead atoms. The second-order valence-corrected chi connectivity index (χ2v) is 4.97. The van der Waals surface area contributed by atoms with Gasteiger partial charge in [-0.15, -0.1) is 0 Å². The summed E-state index contributed by atoms with van der Waals surface area (Å²) < 4.78 is 4.89. The number of rotatable bonds is 5. The van der Waals surface area contributed by atoms with Gasteiger partial charge in [0, 0.05) is 6.04 Å². The first-order chi connectivity index (χ1) is 8.69. The third-order valence-electron chi connectivity index (χ3n) is 3.49. The summed E-state index contributed by atoms with van der Waals surface area (Å²) in [5.74, 6) is 0.487. The summed E-state index contributed by atoms with van der Waals surface area (Å²) in [7, 11) is 0. The van der Waals surface area contributed by atoms with Gasteiger partial charge < -0.3 is 10.1 Å². The molecular formula is C15H21NO2. The molecule has 1 aliphatic rings. The SMILES string of the molecule is CCOC(=O)CNC1CC(c2cccc(C)c2)C1. The number of hydrogen-bond acceptors (Lipinski definition) is 3. The maximum atomic E-state index is 11.2. The fourth-order valence-corrected chi connectivity index (χ4v) is 2.42. The van der Waals surface area contributed by atoms with Crippen LogP contribution in [0, 0.1) is 6.92 Å². The summed E-state index contributed by atoms with van der Waals surface area (Å²) in [5.41, 5.74) is 2.74. The zero-order valence-electron chi connectivity index (χ0n) is 11.1. The van der Waals surface area contributed by atoms with E-state index in [1.165, 1.54) is 11.1 Å². The maximum absolute atomic E-state index is 11.2. The molecule has 0 heterocycles. The van der Waals surface area contributed by atoms with E-state index in [2.05, 4.69) is 36.5 Å². The lowest BCUT2D eigenvalue weighted by atomic mass is 9.75. The summed E-state index contributed by atoms with van der Waals surface area (Å²) >= 11 is 0. The Balaban J connectivity index is 1.72. The van der Waals surface area contributed by atoms with Crippen molar-refractivity contribution in [2.75, 3.05) is 13.2 Å². The van der Waals surface area contributed by atoms with Gasteiger partial charge in [0.25, 0.3) is 0 Å². The van der Waals surface area contributed by atoms with Crippen molar-refractivity contribution in [3.05, 3.63) is 35.4 Å². The van der Waals surface area contributed by atoms with E-state index in [9.17, 15) is 4.79 Å². The van der Waals surface area contributed by atoms with Gasteiger partial charge >= 0.3 is 5.97 Å². The Kier molecular flexibility index (Phi) is 4.37. The molecule has 3 heteroatoms. The predicted octanol–water partition coefficient (Wildman–Crippen LogP) is 2.39. The lowest BCUT2D eigenvalue weighted by Crippen LogP contribution is -2.42.